The first-order chi connectivity index (χ1) is 14.5. The van der Waals surface area contributed by atoms with Gasteiger partial charge in [-0.2, -0.15) is 5.10 Å². The third-order valence-electron chi connectivity index (χ3n) is 5.08. The molecule has 0 saturated heterocycles. The van der Waals surface area contributed by atoms with Crippen LogP contribution in [-0.4, -0.2) is 25.2 Å². The average Bonchev–Trinajstić information content (AvgIpc) is 3.12. The second kappa shape index (κ2) is 7.96. The molecule has 7 nitrogen and oxygen atoms in total. The maximum absolute atomic E-state index is 13.1. The van der Waals surface area contributed by atoms with Crippen molar-refractivity contribution in [2.24, 2.45) is 0 Å². The Hall–Kier alpha value is -3.71. The van der Waals surface area contributed by atoms with Crippen LogP contribution >= 0.6 is 0 Å². The quantitative estimate of drug-likeness (QED) is 0.537. The van der Waals surface area contributed by atoms with Crippen LogP contribution in [0.15, 0.2) is 65.7 Å². The zero-order valence-electron chi connectivity index (χ0n) is 16.8. The van der Waals surface area contributed by atoms with Gasteiger partial charge in [0.2, 0.25) is 5.91 Å². The highest BCUT2D eigenvalue weighted by atomic mass is 16.3. The van der Waals surface area contributed by atoms with E-state index >= 15 is 0 Å². The van der Waals surface area contributed by atoms with E-state index in [1.807, 2.05) is 62.4 Å². The van der Waals surface area contributed by atoms with E-state index in [1.54, 1.807) is 6.20 Å². The topological polar surface area (TPSA) is 88.6 Å². The Morgan fingerprint density at radius 1 is 1.07 bits per heavy atom. The molecule has 2 aromatic carbocycles. The molecule has 0 radical (unpaired) electrons. The van der Waals surface area contributed by atoms with Crippen LogP contribution in [0.3, 0.4) is 0 Å². The second-order valence-corrected chi connectivity index (χ2v) is 7.24. The van der Waals surface area contributed by atoms with Crippen LogP contribution < -0.4 is 10.9 Å². The summed E-state index contributed by atoms with van der Waals surface area (Å²) in [6.45, 7) is 3.42. The predicted octanol–water partition coefficient (Wildman–Crippen LogP) is 2.91. The zero-order chi connectivity index (χ0) is 21.3. The van der Waals surface area contributed by atoms with Gasteiger partial charge in [0.05, 0.1) is 12.3 Å². The summed E-state index contributed by atoms with van der Waals surface area (Å²) >= 11 is 0. The van der Waals surface area contributed by atoms with E-state index < -0.39 is 0 Å². The van der Waals surface area contributed by atoms with Crippen LogP contribution in [0.1, 0.15) is 16.7 Å². The Kier molecular flexibility index (Phi) is 5.20. The number of aliphatic hydroxyl groups excluding tert-OH is 1. The van der Waals surface area contributed by atoms with E-state index in [2.05, 4.69) is 10.4 Å². The summed E-state index contributed by atoms with van der Waals surface area (Å²) in [5, 5.41) is 17.3. The first kappa shape index (κ1) is 19.6. The van der Waals surface area contributed by atoms with Gasteiger partial charge in [-0.15, -0.1) is 0 Å². The van der Waals surface area contributed by atoms with Gasteiger partial charge in [-0.05, 0) is 25.5 Å². The third-order valence-corrected chi connectivity index (χ3v) is 5.08. The molecule has 152 valence electrons. The van der Waals surface area contributed by atoms with Gasteiger partial charge in [0.15, 0.2) is 0 Å². The molecule has 4 rings (SSSR count). The lowest BCUT2D eigenvalue weighted by Gasteiger charge is -2.10. The molecule has 0 bridgehead atoms. The lowest BCUT2D eigenvalue weighted by atomic mass is 10.1. The molecule has 0 aliphatic carbocycles. The number of benzene rings is 2. The van der Waals surface area contributed by atoms with E-state index in [0.29, 0.717) is 16.9 Å². The lowest BCUT2D eigenvalue weighted by molar-refractivity contribution is -0.116. The van der Waals surface area contributed by atoms with Crippen molar-refractivity contribution in [2.75, 3.05) is 5.32 Å². The molecule has 1 amide bonds. The van der Waals surface area contributed by atoms with Gasteiger partial charge < -0.3 is 15.0 Å². The predicted molar refractivity (Wildman–Crippen MR) is 115 cm³/mol. The number of nitrogens with zero attached hydrogens (tertiary/aromatic N) is 3. The van der Waals surface area contributed by atoms with Crippen molar-refractivity contribution in [3.63, 3.8) is 0 Å². The molecule has 2 heterocycles. The first-order valence-corrected chi connectivity index (χ1v) is 9.62. The number of aryl methyl sites for hydroxylation is 2. The second-order valence-electron chi connectivity index (χ2n) is 7.24. The Labute approximate surface area is 173 Å². The molecule has 0 spiro atoms. The molecule has 4 aromatic rings. The van der Waals surface area contributed by atoms with Gasteiger partial charge in [0.1, 0.15) is 12.1 Å². The summed E-state index contributed by atoms with van der Waals surface area (Å²) in [6.07, 6.45) is 3.15. The van der Waals surface area contributed by atoms with Gasteiger partial charge in [0, 0.05) is 29.2 Å². The number of aliphatic hydroxyl groups is 1. The molecule has 2 aromatic heterocycles. The van der Waals surface area contributed by atoms with Crippen molar-refractivity contribution in [1.82, 2.24) is 14.2 Å². The van der Waals surface area contributed by atoms with Gasteiger partial charge in [-0.1, -0.05) is 48.0 Å². The largest absolute Gasteiger partial charge is 0.392 e. The highest BCUT2D eigenvalue weighted by Gasteiger charge is 2.18. The molecule has 0 aliphatic rings. The molecule has 7 heteroatoms. The molecule has 0 saturated carbocycles. The van der Waals surface area contributed by atoms with Crippen molar-refractivity contribution in [3.8, 4) is 11.3 Å². The zero-order valence-corrected chi connectivity index (χ0v) is 16.8. The van der Waals surface area contributed by atoms with Crippen LogP contribution in [0.2, 0.25) is 0 Å². The fraction of sp³-hybridized carbons (Fsp3) is 0.174. The van der Waals surface area contributed by atoms with Gasteiger partial charge in [0.25, 0.3) is 5.56 Å². The SMILES string of the molecule is Cc1ccc(-c2nn3ccn(CC(=O)Nc4ccccc4C)c(=O)c3c2CO)cc1. The maximum atomic E-state index is 13.1. The summed E-state index contributed by atoms with van der Waals surface area (Å²) in [7, 11) is 0. The number of fused-ring (bicyclic) bond motifs is 1. The number of anilines is 1. The van der Waals surface area contributed by atoms with E-state index in [0.717, 1.165) is 16.7 Å². The average molecular weight is 402 g/mol. The van der Waals surface area contributed by atoms with E-state index in [1.165, 1.54) is 15.3 Å². The Bertz CT molecular complexity index is 1290. The summed E-state index contributed by atoms with van der Waals surface area (Å²) in [5.74, 6) is -0.306. The highest BCUT2D eigenvalue weighted by Crippen LogP contribution is 2.25. The van der Waals surface area contributed by atoms with Gasteiger partial charge in [-0.25, -0.2) is 4.52 Å². The van der Waals surface area contributed by atoms with Crippen LogP contribution in [0, 0.1) is 13.8 Å². The van der Waals surface area contributed by atoms with Crippen molar-refractivity contribution in [3.05, 3.63) is 88.0 Å². The molecule has 30 heavy (non-hydrogen) atoms. The Balaban J connectivity index is 1.70. The van der Waals surface area contributed by atoms with E-state index in [4.69, 9.17) is 0 Å². The molecule has 0 fully saturated rings. The van der Waals surface area contributed by atoms with Crippen molar-refractivity contribution in [2.45, 2.75) is 27.0 Å². The van der Waals surface area contributed by atoms with Crippen molar-refractivity contribution >= 4 is 17.1 Å². The minimum absolute atomic E-state index is 0.139. The fourth-order valence-corrected chi connectivity index (χ4v) is 3.43. The molecule has 0 atom stereocenters. The lowest BCUT2D eigenvalue weighted by Crippen LogP contribution is -2.28. The molecule has 0 unspecified atom stereocenters. The number of hydrogen-bond acceptors (Lipinski definition) is 4. The highest BCUT2D eigenvalue weighted by molar-refractivity contribution is 5.91. The minimum Gasteiger partial charge on any atom is -0.392 e. The molecular formula is C23H22N4O3. The number of carbonyl (C=O) groups excluding carboxylic acids is 1. The van der Waals surface area contributed by atoms with Crippen LogP contribution in [-0.2, 0) is 17.9 Å². The monoisotopic (exact) mass is 402 g/mol. The van der Waals surface area contributed by atoms with Crippen molar-refractivity contribution < 1.29 is 9.90 Å². The standard InChI is InChI=1S/C23H22N4O3/c1-15-7-9-17(10-8-15)21-18(14-28)22-23(30)26(11-12-27(22)25-21)13-20(29)24-19-6-4-3-5-16(19)2/h3-12,28H,13-14H2,1-2H3,(H,24,29). The number of carbonyl (C=O) groups is 1. The first-order valence-electron chi connectivity index (χ1n) is 9.62. The number of aromatic nitrogens is 3. The normalized spacial score (nSPS) is 11.0. The van der Waals surface area contributed by atoms with Gasteiger partial charge in [-0.3, -0.25) is 9.59 Å². The number of amides is 1. The summed E-state index contributed by atoms with van der Waals surface area (Å²) in [6, 6.07) is 15.2. The summed E-state index contributed by atoms with van der Waals surface area (Å²) in [4.78, 5) is 25.6. The number of para-hydroxylation sites is 1. The number of nitrogens with one attached hydrogen (secondary N) is 1. The molecule has 2 N–H and O–H groups in total. The smallest absolute Gasteiger partial charge is 0.277 e. The number of hydrogen-bond donors (Lipinski definition) is 2. The summed E-state index contributed by atoms with van der Waals surface area (Å²) in [5.41, 5.74) is 4.45. The number of rotatable bonds is 5. The van der Waals surface area contributed by atoms with E-state index in [9.17, 15) is 14.7 Å². The minimum atomic E-state index is -0.382. The van der Waals surface area contributed by atoms with Crippen LogP contribution in [0.5, 0.6) is 0 Å². The van der Waals surface area contributed by atoms with Crippen molar-refractivity contribution in [1.29, 1.82) is 0 Å². The van der Waals surface area contributed by atoms with Crippen LogP contribution in [0.25, 0.3) is 16.8 Å². The van der Waals surface area contributed by atoms with Gasteiger partial charge >= 0.3 is 0 Å². The maximum Gasteiger partial charge on any atom is 0.277 e. The van der Waals surface area contributed by atoms with E-state index in [-0.39, 0.29) is 30.1 Å². The van der Waals surface area contributed by atoms with Crippen LogP contribution in [0.4, 0.5) is 5.69 Å². The fourth-order valence-electron chi connectivity index (χ4n) is 3.43. The Morgan fingerprint density at radius 3 is 2.50 bits per heavy atom. The molecule has 0 aliphatic heterocycles. The molecular weight excluding hydrogens is 380 g/mol. The Morgan fingerprint density at radius 2 is 1.80 bits per heavy atom. The summed E-state index contributed by atoms with van der Waals surface area (Å²) < 4.78 is 2.78. The third kappa shape index (κ3) is 3.62.